The van der Waals surface area contributed by atoms with Crippen LogP contribution in [0, 0.1) is 0 Å². The van der Waals surface area contributed by atoms with Crippen LogP contribution in [0.2, 0.25) is 5.02 Å². The first-order chi connectivity index (χ1) is 10.6. The van der Waals surface area contributed by atoms with Gasteiger partial charge in [0.05, 0.1) is 11.6 Å². The highest BCUT2D eigenvalue weighted by molar-refractivity contribution is 9.10. The molecule has 0 unspecified atom stereocenters. The van der Waals surface area contributed by atoms with Crippen LogP contribution in [0.3, 0.4) is 0 Å². The number of phenolic OH excluding ortho intramolecular Hbond substituents is 1. The van der Waals surface area contributed by atoms with Crippen molar-refractivity contribution in [3.8, 4) is 11.5 Å². The van der Waals surface area contributed by atoms with Crippen LogP contribution in [0.25, 0.3) is 0 Å². The van der Waals surface area contributed by atoms with Gasteiger partial charge in [0, 0.05) is 12.6 Å². The standard InChI is InChI=1S/C15H15BrClNO4/c16-14-6-5-13(22-14)15(20)18-7-1-2-8-21-10-3-4-12(19)11(17)9-10/h3-6,9,19H,1-2,7-8H2,(H,18,20). The highest BCUT2D eigenvalue weighted by Crippen LogP contribution is 2.27. The molecule has 0 aliphatic rings. The molecule has 0 fully saturated rings. The molecule has 1 aromatic carbocycles. The lowest BCUT2D eigenvalue weighted by Gasteiger charge is -2.07. The Morgan fingerprint density at radius 1 is 1.32 bits per heavy atom. The van der Waals surface area contributed by atoms with Crippen LogP contribution in [0.4, 0.5) is 0 Å². The van der Waals surface area contributed by atoms with Crippen LogP contribution in [0.15, 0.2) is 39.4 Å². The monoisotopic (exact) mass is 387 g/mol. The summed E-state index contributed by atoms with van der Waals surface area (Å²) in [5.74, 6) is 0.673. The van der Waals surface area contributed by atoms with Crippen molar-refractivity contribution in [2.24, 2.45) is 0 Å². The van der Waals surface area contributed by atoms with E-state index in [0.29, 0.717) is 23.6 Å². The number of amides is 1. The molecule has 5 nitrogen and oxygen atoms in total. The number of unbranched alkanes of at least 4 members (excludes halogenated alkanes) is 1. The van der Waals surface area contributed by atoms with Crippen molar-refractivity contribution in [3.05, 3.63) is 45.8 Å². The van der Waals surface area contributed by atoms with Crippen molar-refractivity contribution in [2.75, 3.05) is 13.2 Å². The Kier molecular flexibility index (Phi) is 6.15. The Morgan fingerprint density at radius 2 is 2.14 bits per heavy atom. The largest absolute Gasteiger partial charge is 0.506 e. The summed E-state index contributed by atoms with van der Waals surface area (Å²) in [5.41, 5.74) is 0. The molecule has 0 bridgehead atoms. The molecule has 2 N–H and O–H groups in total. The molecule has 1 aromatic heterocycles. The number of rotatable bonds is 7. The molecule has 0 aliphatic heterocycles. The number of furan rings is 1. The number of benzene rings is 1. The third kappa shape index (κ3) is 4.96. The van der Waals surface area contributed by atoms with E-state index in [1.54, 1.807) is 24.3 Å². The van der Waals surface area contributed by atoms with Crippen LogP contribution in [-0.2, 0) is 0 Å². The maximum Gasteiger partial charge on any atom is 0.287 e. The summed E-state index contributed by atoms with van der Waals surface area (Å²) in [6.07, 6.45) is 1.56. The van der Waals surface area contributed by atoms with E-state index in [1.165, 1.54) is 6.07 Å². The zero-order valence-corrected chi connectivity index (χ0v) is 14.0. The summed E-state index contributed by atoms with van der Waals surface area (Å²) in [5, 5.41) is 12.3. The number of phenols is 1. The second-order valence-electron chi connectivity index (χ2n) is 4.53. The summed E-state index contributed by atoms with van der Waals surface area (Å²) in [4.78, 5) is 11.7. The van der Waals surface area contributed by atoms with E-state index in [9.17, 15) is 9.90 Å². The first-order valence-electron chi connectivity index (χ1n) is 6.71. The van der Waals surface area contributed by atoms with Crippen molar-refractivity contribution in [1.82, 2.24) is 5.32 Å². The van der Waals surface area contributed by atoms with Crippen LogP contribution in [-0.4, -0.2) is 24.2 Å². The van der Waals surface area contributed by atoms with Crippen molar-refractivity contribution in [3.63, 3.8) is 0 Å². The molecule has 1 amide bonds. The highest BCUT2D eigenvalue weighted by Gasteiger charge is 2.09. The summed E-state index contributed by atoms with van der Waals surface area (Å²) < 4.78 is 11.2. The molecule has 0 radical (unpaired) electrons. The molecule has 0 aliphatic carbocycles. The van der Waals surface area contributed by atoms with Gasteiger partial charge in [0.15, 0.2) is 10.4 Å². The fraction of sp³-hybridized carbons (Fsp3) is 0.267. The second-order valence-corrected chi connectivity index (χ2v) is 5.72. The Bertz CT molecular complexity index is 644. The number of carbonyl (C=O) groups is 1. The smallest absolute Gasteiger partial charge is 0.287 e. The predicted molar refractivity (Wildman–Crippen MR) is 86.6 cm³/mol. The van der Waals surface area contributed by atoms with Crippen LogP contribution in [0.1, 0.15) is 23.4 Å². The first-order valence-corrected chi connectivity index (χ1v) is 7.88. The summed E-state index contributed by atoms with van der Waals surface area (Å²) in [6.45, 7) is 1.04. The van der Waals surface area contributed by atoms with Gasteiger partial charge < -0.3 is 19.6 Å². The molecule has 7 heteroatoms. The summed E-state index contributed by atoms with van der Waals surface area (Å²) >= 11 is 8.93. The number of carbonyl (C=O) groups excluding carboxylic acids is 1. The minimum absolute atomic E-state index is 0.0290. The minimum Gasteiger partial charge on any atom is -0.506 e. The summed E-state index contributed by atoms with van der Waals surface area (Å²) in [7, 11) is 0. The van der Waals surface area contributed by atoms with Crippen molar-refractivity contribution in [2.45, 2.75) is 12.8 Å². The van der Waals surface area contributed by atoms with Crippen molar-refractivity contribution in [1.29, 1.82) is 0 Å². The van der Waals surface area contributed by atoms with Gasteiger partial charge in [-0.15, -0.1) is 0 Å². The Morgan fingerprint density at radius 3 is 2.82 bits per heavy atom. The zero-order valence-electron chi connectivity index (χ0n) is 11.6. The van der Waals surface area contributed by atoms with Gasteiger partial charge in [0.1, 0.15) is 11.5 Å². The number of ether oxygens (including phenoxy) is 1. The third-order valence-corrected chi connectivity index (χ3v) is 3.57. The molecule has 0 saturated heterocycles. The molecule has 0 saturated carbocycles. The first kappa shape index (κ1) is 16.7. The van der Waals surface area contributed by atoms with Gasteiger partial charge >= 0.3 is 0 Å². The number of aromatic hydroxyl groups is 1. The lowest BCUT2D eigenvalue weighted by molar-refractivity contribution is 0.0923. The number of halogens is 2. The SMILES string of the molecule is O=C(NCCCCOc1ccc(O)c(Cl)c1)c1ccc(Br)o1. The van der Waals surface area contributed by atoms with E-state index in [1.807, 2.05) is 0 Å². The predicted octanol–water partition coefficient (Wildman–Crippen LogP) is 3.99. The molecule has 2 rings (SSSR count). The molecule has 0 atom stereocenters. The van der Waals surface area contributed by atoms with Gasteiger partial charge in [-0.2, -0.15) is 0 Å². The van der Waals surface area contributed by atoms with Gasteiger partial charge in [0.25, 0.3) is 5.91 Å². The van der Waals surface area contributed by atoms with Crippen molar-refractivity contribution < 1.29 is 19.1 Å². The quantitative estimate of drug-likeness (QED) is 0.704. The van der Waals surface area contributed by atoms with Gasteiger partial charge in [-0.05, 0) is 53.0 Å². The van der Waals surface area contributed by atoms with Crippen LogP contribution < -0.4 is 10.1 Å². The molecule has 0 spiro atoms. The number of hydrogen-bond donors (Lipinski definition) is 2. The third-order valence-electron chi connectivity index (χ3n) is 2.84. The molecular formula is C15H15BrClNO4. The average Bonchev–Trinajstić information content (AvgIpc) is 2.93. The van der Waals surface area contributed by atoms with E-state index in [0.717, 1.165) is 12.8 Å². The Balaban J connectivity index is 1.61. The van der Waals surface area contributed by atoms with E-state index >= 15 is 0 Å². The van der Waals surface area contributed by atoms with E-state index in [-0.39, 0.29) is 22.4 Å². The molecule has 118 valence electrons. The fourth-order valence-corrected chi connectivity index (χ4v) is 2.20. The molecular weight excluding hydrogens is 374 g/mol. The maximum absolute atomic E-state index is 11.7. The Hall–Kier alpha value is -1.66. The van der Waals surface area contributed by atoms with Crippen molar-refractivity contribution >= 4 is 33.4 Å². The lowest BCUT2D eigenvalue weighted by atomic mass is 10.3. The molecule has 22 heavy (non-hydrogen) atoms. The topological polar surface area (TPSA) is 71.7 Å². The number of hydrogen-bond acceptors (Lipinski definition) is 4. The van der Waals surface area contributed by atoms with E-state index < -0.39 is 0 Å². The molecule has 1 heterocycles. The van der Waals surface area contributed by atoms with Gasteiger partial charge in [-0.3, -0.25) is 4.79 Å². The second kappa shape index (κ2) is 8.10. The maximum atomic E-state index is 11.7. The summed E-state index contributed by atoms with van der Waals surface area (Å²) in [6, 6.07) is 7.98. The number of nitrogens with one attached hydrogen (secondary N) is 1. The van der Waals surface area contributed by atoms with Gasteiger partial charge in [-0.25, -0.2) is 0 Å². The fourth-order valence-electron chi connectivity index (χ4n) is 1.72. The zero-order chi connectivity index (χ0) is 15.9. The van der Waals surface area contributed by atoms with Gasteiger partial charge in [-0.1, -0.05) is 11.6 Å². The van der Waals surface area contributed by atoms with Crippen LogP contribution >= 0.6 is 27.5 Å². The van der Waals surface area contributed by atoms with Gasteiger partial charge in [0.2, 0.25) is 0 Å². The normalized spacial score (nSPS) is 10.5. The lowest BCUT2D eigenvalue weighted by Crippen LogP contribution is -2.24. The molecule has 2 aromatic rings. The minimum atomic E-state index is -0.239. The average molecular weight is 389 g/mol. The Labute approximate surface area is 141 Å². The highest BCUT2D eigenvalue weighted by atomic mass is 79.9. The van der Waals surface area contributed by atoms with E-state index in [2.05, 4.69) is 21.2 Å². The van der Waals surface area contributed by atoms with Crippen LogP contribution in [0.5, 0.6) is 11.5 Å². The van der Waals surface area contributed by atoms with E-state index in [4.69, 9.17) is 20.8 Å².